The molecule has 2 unspecified atom stereocenters. The summed E-state index contributed by atoms with van der Waals surface area (Å²) >= 11 is 12.6. The van der Waals surface area contributed by atoms with Crippen LogP contribution in [0.5, 0.6) is 0 Å². The lowest BCUT2D eigenvalue weighted by Gasteiger charge is -2.33. The summed E-state index contributed by atoms with van der Waals surface area (Å²) in [6.45, 7) is 4.12. The highest BCUT2D eigenvalue weighted by Gasteiger charge is 2.31. The van der Waals surface area contributed by atoms with Crippen molar-refractivity contribution in [3.05, 3.63) is 100 Å². The van der Waals surface area contributed by atoms with Gasteiger partial charge in [0.15, 0.2) is 0 Å². The lowest BCUT2D eigenvalue weighted by atomic mass is 10.0. The maximum Gasteiger partial charge on any atom is 0.243 e. The van der Waals surface area contributed by atoms with Crippen LogP contribution in [0.15, 0.2) is 78.9 Å². The third kappa shape index (κ3) is 9.76. The van der Waals surface area contributed by atoms with Crippen LogP contribution in [0.25, 0.3) is 0 Å². The Morgan fingerprint density at radius 2 is 1.63 bits per heavy atom. The summed E-state index contributed by atoms with van der Waals surface area (Å²) in [5.41, 5.74) is 2.06. The number of hydrogen-bond acceptors (Lipinski definition) is 4. The molecule has 0 saturated heterocycles. The zero-order valence-corrected chi connectivity index (χ0v) is 25.9. The van der Waals surface area contributed by atoms with E-state index in [0.717, 1.165) is 18.2 Å². The first-order valence-electron chi connectivity index (χ1n) is 13.6. The first-order chi connectivity index (χ1) is 19.5. The third-order valence-corrected chi connectivity index (χ3v) is 8.62. The van der Waals surface area contributed by atoms with Crippen molar-refractivity contribution in [2.24, 2.45) is 0 Å². The zero-order valence-electron chi connectivity index (χ0n) is 23.6. The van der Waals surface area contributed by atoms with Gasteiger partial charge in [0, 0.05) is 42.0 Å². The van der Waals surface area contributed by atoms with E-state index in [9.17, 15) is 18.0 Å². The molecule has 0 aliphatic carbocycles. The predicted molar refractivity (Wildman–Crippen MR) is 167 cm³/mol. The summed E-state index contributed by atoms with van der Waals surface area (Å²) in [6, 6.07) is 22.5. The number of halogens is 2. The number of hydrogen-bond donors (Lipinski definition) is 1. The Labute approximate surface area is 253 Å². The van der Waals surface area contributed by atoms with Gasteiger partial charge in [0.05, 0.1) is 11.9 Å². The molecule has 0 aliphatic rings. The SMILES string of the molecule is CCC(C)NC(=O)C(Cc1ccccc1)N(Cc1ccccc1Cl)C(=O)CCCN(c1cccc(Cl)c1)S(C)(=O)=O. The number of nitrogens with one attached hydrogen (secondary N) is 1. The minimum atomic E-state index is -3.63. The van der Waals surface area contributed by atoms with E-state index in [1.807, 2.05) is 62.4 Å². The third-order valence-electron chi connectivity index (χ3n) is 6.82. The largest absolute Gasteiger partial charge is 0.352 e. The Hall–Kier alpha value is -3.07. The van der Waals surface area contributed by atoms with Crippen LogP contribution in [0.3, 0.4) is 0 Å². The number of benzene rings is 3. The molecular weight excluding hydrogens is 581 g/mol. The van der Waals surface area contributed by atoms with Gasteiger partial charge in [-0.25, -0.2) is 8.42 Å². The maximum atomic E-state index is 13.9. The van der Waals surface area contributed by atoms with Crippen LogP contribution >= 0.6 is 23.2 Å². The standard InChI is InChI=1S/C31H37Cl2N3O4S/c1-4-23(2)34-31(38)29(20-24-12-6-5-7-13-24)35(22-25-14-8-9-17-28(25)33)30(37)18-11-19-36(41(3,39)40)27-16-10-15-26(32)21-27/h5-10,12-17,21,23,29H,4,11,18-20,22H2,1-3H3,(H,34,38). The van der Waals surface area contributed by atoms with Crippen LogP contribution in [0.1, 0.15) is 44.2 Å². The Kier molecular flexibility index (Phi) is 12.1. The van der Waals surface area contributed by atoms with Crippen LogP contribution in [0, 0.1) is 0 Å². The van der Waals surface area contributed by atoms with Gasteiger partial charge in [0.1, 0.15) is 6.04 Å². The molecule has 0 heterocycles. The lowest BCUT2D eigenvalue weighted by Crippen LogP contribution is -2.52. The summed E-state index contributed by atoms with van der Waals surface area (Å²) in [7, 11) is -3.63. The Bertz CT molecular complexity index is 1420. The van der Waals surface area contributed by atoms with Gasteiger partial charge in [-0.3, -0.25) is 13.9 Å². The van der Waals surface area contributed by atoms with Gasteiger partial charge in [-0.2, -0.15) is 0 Å². The summed E-state index contributed by atoms with van der Waals surface area (Å²) < 4.78 is 26.4. The van der Waals surface area contributed by atoms with Gasteiger partial charge < -0.3 is 10.2 Å². The van der Waals surface area contributed by atoms with Crippen molar-refractivity contribution >= 4 is 50.7 Å². The quantitative estimate of drug-likeness (QED) is 0.237. The molecule has 2 amide bonds. The fourth-order valence-electron chi connectivity index (χ4n) is 4.44. The molecule has 3 aromatic rings. The fourth-order valence-corrected chi connectivity index (χ4v) is 5.78. The van der Waals surface area contributed by atoms with Crippen LogP contribution in [0.2, 0.25) is 10.0 Å². The van der Waals surface area contributed by atoms with E-state index in [1.54, 1.807) is 35.2 Å². The first-order valence-corrected chi connectivity index (χ1v) is 16.2. The van der Waals surface area contributed by atoms with Crippen molar-refractivity contribution in [1.82, 2.24) is 10.2 Å². The highest BCUT2D eigenvalue weighted by molar-refractivity contribution is 7.92. The topological polar surface area (TPSA) is 86.8 Å². The van der Waals surface area contributed by atoms with Crippen LogP contribution in [0.4, 0.5) is 5.69 Å². The van der Waals surface area contributed by atoms with Gasteiger partial charge in [-0.05, 0) is 55.2 Å². The molecule has 7 nitrogen and oxygen atoms in total. The molecule has 0 spiro atoms. The highest BCUT2D eigenvalue weighted by atomic mass is 35.5. The van der Waals surface area contributed by atoms with Gasteiger partial charge in [0.2, 0.25) is 21.8 Å². The lowest BCUT2D eigenvalue weighted by molar-refractivity contribution is -0.141. The molecule has 3 aromatic carbocycles. The van der Waals surface area contributed by atoms with Crippen molar-refractivity contribution in [3.63, 3.8) is 0 Å². The second-order valence-electron chi connectivity index (χ2n) is 10.1. The molecular formula is C31H37Cl2N3O4S. The molecule has 220 valence electrons. The molecule has 0 bridgehead atoms. The van der Waals surface area contributed by atoms with Crippen LogP contribution in [-0.4, -0.2) is 50.0 Å². The average molecular weight is 619 g/mol. The Balaban J connectivity index is 1.90. The molecule has 3 rings (SSSR count). The molecule has 0 saturated carbocycles. The van der Waals surface area contributed by atoms with Gasteiger partial charge >= 0.3 is 0 Å². The minimum Gasteiger partial charge on any atom is -0.352 e. The predicted octanol–water partition coefficient (Wildman–Crippen LogP) is 6.09. The molecule has 0 fully saturated rings. The smallest absolute Gasteiger partial charge is 0.243 e. The monoisotopic (exact) mass is 617 g/mol. The van der Waals surface area contributed by atoms with E-state index in [2.05, 4.69) is 5.32 Å². The first kappa shape index (κ1) is 32.4. The summed E-state index contributed by atoms with van der Waals surface area (Å²) in [5, 5.41) is 3.95. The molecule has 0 aliphatic heterocycles. The minimum absolute atomic E-state index is 0.0267. The van der Waals surface area contributed by atoms with Crippen molar-refractivity contribution < 1.29 is 18.0 Å². The molecule has 1 N–H and O–H groups in total. The van der Waals surface area contributed by atoms with E-state index in [0.29, 0.717) is 27.7 Å². The number of nitrogens with zero attached hydrogens (tertiary/aromatic N) is 2. The van der Waals surface area contributed by atoms with E-state index in [1.165, 1.54) is 4.31 Å². The molecule has 10 heteroatoms. The summed E-state index contributed by atoms with van der Waals surface area (Å²) in [6.07, 6.45) is 2.44. The van der Waals surface area contributed by atoms with Gasteiger partial charge in [0.25, 0.3) is 0 Å². The Morgan fingerprint density at radius 1 is 0.951 bits per heavy atom. The van der Waals surface area contributed by atoms with Crippen molar-refractivity contribution in [2.45, 2.75) is 58.2 Å². The van der Waals surface area contributed by atoms with Crippen molar-refractivity contribution in [1.29, 1.82) is 0 Å². The number of carbonyl (C=O) groups excluding carboxylic acids is 2. The molecule has 0 aromatic heterocycles. The maximum absolute atomic E-state index is 13.9. The number of sulfonamides is 1. The van der Waals surface area contributed by atoms with Gasteiger partial charge in [-0.1, -0.05) is 84.7 Å². The van der Waals surface area contributed by atoms with Gasteiger partial charge in [-0.15, -0.1) is 0 Å². The van der Waals surface area contributed by atoms with E-state index < -0.39 is 16.1 Å². The Morgan fingerprint density at radius 3 is 2.27 bits per heavy atom. The molecule has 0 radical (unpaired) electrons. The van der Waals surface area contributed by atoms with E-state index in [4.69, 9.17) is 23.2 Å². The summed E-state index contributed by atoms with van der Waals surface area (Å²) in [5.74, 6) is -0.523. The number of anilines is 1. The fraction of sp³-hybridized carbons (Fsp3) is 0.355. The van der Waals surface area contributed by atoms with Crippen LogP contribution in [-0.2, 0) is 32.6 Å². The normalized spacial score (nSPS) is 12.8. The van der Waals surface area contributed by atoms with Crippen molar-refractivity contribution in [2.75, 3.05) is 17.1 Å². The summed E-state index contributed by atoms with van der Waals surface area (Å²) in [4.78, 5) is 29.1. The van der Waals surface area contributed by atoms with E-state index in [-0.39, 0.29) is 43.8 Å². The number of rotatable bonds is 14. The highest BCUT2D eigenvalue weighted by Crippen LogP contribution is 2.24. The number of amides is 2. The number of carbonyl (C=O) groups is 2. The zero-order chi connectivity index (χ0) is 30.0. The second kappa shape index (κ2) is 15.2. The molecule has 2 atom stereocenters. The van der Waals surface area contributed by atoms with Crippen LogP contribution < -0.4 is 9.62 Å². The second-order valence-corrected chi connectivity index (χ2v) is 12.8. The van der Waals surface area contributed by atoms with E-state index >= 15 is 0 Å². The van der Waals surface area contributed by atoms with Crippen molar-refractivity contribution in [3.8, 4) is 0 Å². The average Bonchev–Trinajstić information content (AvgIpc) is 2.93. The molecule has 41 heavy (non-hydrogen) atoms.